The quantitative estimate of drug-likeness (QED) is 0.683. The molecule has 3 N–H and O–H groups in total. The maximum absolute atomic E-state index is 11.1. The summed E-state index contributed by atoms with van der Waals surface area (Å²) < 4.78 is 4.95. The highest BCUT2D eigenvalue weighted by Crippen LogP contribution is 1.98. The number of nitrogens with one attached hydrogen (secondary N) is 1. The number of alkyl carbamates (subject to hydrolysis) is 1. The Morgan fingerprint density at radius 2 is 2.07 bits per heavy atom. The van der Waals surface area contributed by atoms with E-state index in [1.54, 1.807) is 0 Å². The molecule has 0 rings (SSSR count). The second-order valence-electron chi connectivity index (χ2n) is 4.06. The summed E-state index contributed by atoms with van der Waals surface area (Å²) in [6.07, 6.45) is 0.590. The van der Waals surface area contributed by atoms with Gasteiger partial charge in [0.25, 0.3) is 0 Å². The normalized spacial score (nSPS) is 12.6. The van der Waals surface area contributed by atoms with Gasteiger partial charge in [0, 0.05) is 6.54 Å². The Morgan fingerprint density at radius 3 is 2.57 bits per heavy atom. The van der Waals surface area contributed by atoms with Crippen LogP contribution in [0.3, 0.4) is 0 Å². The number of carbonyl (C=O) groups is 1. The minimum atomic E-state index is -0.331. The number of ether oxygens (including phenoxy) is 1. The van der Waals surface area contributed by atoms with Crippen LogP contribution in [-0.2, 0) is 4.74 Å². The highest BCUT2D eigenvalue weighted by atomic mass is 16.5. The van der Waals surface area contributed by atoms with Crippen LogP contribution < -0.4 is 11.1 Å². The number of hydrogen-bond donors (Lipinski definition) is 2. The van der Waals surface area contributed by atoms with Gasteiger partial charge in [0.2, 0.25) is 0 Å². The number of carbonyl (C=O) groups excluding carboxylic acids is 1. The first kappa shape index (κ1) is 13.2. The number of rotatable bonds is 6. The maximum Gasteiger partial charge on any atom is 0.407 e. The lowest BCUT2D eigenvalue weighted by Gasteiger charge is -2.12. The summed E-state index contributed by atoms with van der Waals surface area (Å²) in [7, 11) is 0. The highest BCUT2D eigenvalue weighted by Gasteiger charge is 2.06. The van der Waals surface area contributed by atoms with Gasteiger partial charge in [0.05, 0.1) is 6.61 Å². The second kappa shape index (κ2) is 7.62. The molecule has 0 aliphatic rings. The van der Waals surface area contributed by atoms with Gasteiger partial charge in [0.15, 0.2) is 0 Å². The van der Waals surface area contributed by atoms with E-state index in [4.69, 9.17) is 10.5 Å². The molecule has 1 amide bonds. The number of nitrogens with two attached hydrogens (primary N) is 1. The molecule has 4 heteroatoms. The van der Waals surface area contributed by atoms with Crippen LogP contribution in [-0.4, -0.2) is 25.8 Å². The van der Waals surface area contributed by atoms with Gasteiger partial charge in [0.1, 0.15) is 0 Å². The average molecular weight is 202 g/mol. The van der Waals surface area contributed by atoms with Gasteiger partial charge in [-0.2, -0.15) is 0 Å². The zero-order valence-electron chi connectivity index (χ0n) is 9.38. The van der Waals surface area contributed by atoms with E-state index in [0.717, 1.165) is 6.42 Å². The van der Waals surface area contributed by atoms with E-state index in [0.29, 0.717) is 31.5 Å². The fraction of sp³-hybridized carbons (Fsp3) is 0.900. The molecule has 1 atom stereocenters. The standard InChI is InChI=1S/C10H22N2O2/c1-8(2)7-14-10(13)12-6-9(3)4-5-11/h8-9H,4-7,11H2,1-3H3,(H,12,13). The molecule has 0 aliphatic carbocycles. The molecule has 0 aromatic heterocycles. The van der Waals surface area contributed by atoms with Crippen LogP contribution in [0.15, 0.2) is 0 Å². The van der Waals surface area contributed by atoms with Gasteiger partial charge in [-0.1, -0.05) is 20.8 Å². The lowest BCUT2D eigenvalue weighted by Crippen LogP contribution is -2.30. The molecule has 0 heterocycles. The first-order valence-corrected chi connectivity index (χ1v) is 5.17. The van der Waals surface area contributed by atoms with Gasteiger partial charge >= 0.3 is 6.09 Å². The Hall–Kier alpha value is -0.770. The molecule has 1 unspecified atom stereocenters. The van der Waals surface area contributed by atoms with Crippen molar-refractivity contribution in [2.75, 3.05) is 19.7 Å². The molecule has 0 aliphatic heterocycles. The van der Waals surface area contributed by atoms with Crippen molar-refractivity contribution >= 4 is 6.09 Å². The van der Waals surface area contributed by atoms with E-state index in [2.05, 4.69) is 12.2 Å². The van der Waals surface area contributed by atoms with Crippen molar-refractivity contribution in [3.63, 3.8) is 0 Å². The van der Waals surface area contributed by atoms with Gasteiger partial charge in [-0.15, -0.1) is 0 Å². The predicted octanol–water partition coefficient (Wildman–Crippen LogP) is 1.35. The number of amides is 1. The topological polar surface area (TPSA) is 64.3 Å². The fourth-order valence-electron chi connectivity index (χ4n) is 0.938. The molecule has 0 radical (unpaired) electrons. The molecular formula is C10H22N2O2. The van der Waals surface area contributed by atoms with Crippen molar-refractivity contribution in [3.05, 3.63) is 0 Å². The molecular weight excluding hydrogens is 180 g/mol. The van der Waals surface area contributed by atoms with E-state index >= 15 is 0 Å². The Labute approximate surface area is 86.2 Å². The van der Waals surface area contributed by atoms with Crippen molar-refractivity contribution in [2.24, 2.45) is 17.6 Å². The van der Waals surface area contributed by atoms with Gasteiger partial charge in [-0.25, -0.2) is 4.79 Å². The number of hydrogen-bond acceptors (Lipinski definition) is 3. The summed E-state index contributed by atoms with van der Waals surface area (Å²) in [6.45, 7) is 7.82. The summed E-state index contributed by atoms with van der Waals surface area (Å²) in [5.74, 6) is 0.786. The second-order valence-corrected chi connectivity index (χ2v) is 4.06. The molecule has 0 fully saturated rings. The zero-order chi connectivity index (χ0) is 11.0. The van der Waals surface area contributed by atoms with Crippen molar-refractivity contribution in [3.8, 4) is 0 Å². The van der Waals surface area contributed by atoms with Crippen LogP contribution in [0.4, 0.5) is 4.79 Å². The molecule has 0 bridgehead atoms. The van der Waals surface area contributed by atoms with Crippen molar-refractivity contribution in [1.29, 1.82) is 0 Å². The molecule has 0 spiro atoms. The smallest absolute Gasteiger partial charge is 0.407 e. The molecule has 4 nitrogen and oxygen atoms in total. The minimum Gasteiger partial charge on any atom is -0.449 e. The summed E-state index contributed by atoms with van der Waals surface area (Å²) in [4.78, 5) is 11.1. The van der Waals surface area contributed by atoms with Crippen LogP contribution in [0.5, 0.6) is 0 Å². The van der Waals surface area contributed by atoms with Crippen molar-refractivity contribution < 1.29 is 9.53 Å². The van der Waals surface area contributed by atoms with E-state index < -0.39 is 0 Å². The van der Waals surface area contributed by atoms with E-state index in [-0.39, 0.29) is 6.09 Å². The highest BCUT2D eigenvalue weighted by molar-refractivity contribution is 5.67. The Bertz CT molecular complexity index is 160. The lowest BCUT2D eigenvalue weighted by molar-refractivity contribution is 0.131. The van der Waals surface area contributed by atoms with Crippen LogP contribution in [0.2, 0.25) is 0 Å². The van der Waals surface area contributed by atoms with Gasteiger partial charge < -0.3 is 15.8 Å². The Kier molecular flexibility index (Phi) is 7.20. The Morgan fingerprint density at radius 1 is 1.43 bits per heavy atom. The van der Waals surface area contributed by atoms with E-state index in [1.807, 2.05) is 13.8 Å². The average Bonchev–Trinajstić information content (AvgIpc) is 2.12. The van der Waals surface area contributed by atoms with Crippen LogP contribution >= 0.6 is 0 Å². The molecule has 84 valence electrons. The first-order chi connectivity index (χ1) is 6.56. The monoisotopic (exact) mass is 202 g/mol. The maximum atomic E-state index is 11.1. The third-order valence-corrected chi connectivity index (χ3v) is 1.80. The molecule has 14 heavy (non-hydrogen) atoms. The van der Waals surface area contributed by atoms with Crippen molar-refractivity contribution in [2.45, 2.75) is 27.2 Å². The van der Waals surface area contributed by atoms with Crippen LogP contribution in [0.25, 0.3) is 0 Å². The molecule has 0 aromatic rings. The molecule has 0 saturated heterocycles. The third-order valence-electron chi connectivity index (χ3n) is 1.80. The lowest BCUT2D eigenvalue weighted by atomic mass is 10.1. The van der Waals surface area contributed by atoms with Crippen molar-refractivity contribution in [1.82, 2.24) is 5.32 Å². The largest absolute Gasteiger partial charge is 0.449 e. The minimum absolute atomic E-state index is 0.331. The van der Waals surface area contributed by atoms with Crippen LogP contribution in [0, 0.1) is 11.8 Å². The van der Waals surface area contributed by atoms with Crippen LogP contribution in [0.1, 0.15) is 27.2 Å². The fourth-order valence-corrected chi connectivity index (χ4v) is 0.938. The zero-order valence-corrected chi connectivity index (χ0v) is 9.38. The third kappa shape index (κ3) is 7.86. The molecule has 0 aromatic carbocycles. The predicted molar refractivity (Wildman–Crippen MR) is 57.0 cm³/mol. The summed E-state index contributed by atoms with van der Waals surface area (Å²) >= 11 is 0. The summed E-state index contributed by atoms with van der Waals surface area (Å²) in [5, 5.41) is 2.71. The SMILES string of the molecule is CC(C)COC(=O)NCC(C)CCN. The van der Waals surface area contributed by atoms with E-state index in [9.17, 15) is 4.79 Å². The molecule has 0 saturated carbocycles. The summed E-state index contributed by atoms with van der Waals surface area (Å²) in [6, 6.07) is 0. The Balaban J connectivity index is 3.43. The van der Waals surface area contributed by atoms with E-state index in [1.165, 1.54) is 0 Å². The van der Waals surface area contributed by atoms with Gasteiger partial charge in [-0.3, -0.25) is 0 Å². The first-order valence-electron chi connectivity index (χ1n) is 5.17. The van der Waals surface area contributed by atoms with Gasteiger partial charge in [-0.05, 0) is 24.8 Å². The summed E-state index contributed by atoms with van der Waals surface area (Å²) in [5.41, 5.74) is 5.39.